The van der Waals surface area contributed by atoms with Gasteiger partial charge in [0.05, 0.1) is 17.0 Å². The van der Waals surface area contributed by atoms with Gasteiger partial charge in [-0.2, -0.15) is 0 Å². The lowest BCUT2D eigenvalue weighted by atomic mass is 10.1. The summed E-state index contributed by atoms with van der Waals surface area (Å²) >= 11 is 0. The van der Waals surface area contributed by atoms with Crippen molar-refractivity contribution in [1.82, 2.24) is 30.1 Å². The van der Waals surface area contributed by atoms with Gasteiger partial charge in [-0.1, -0.05) is 24.3 Å². The number of nitrogens with two attached hydrogens (primary N) is 1. The summed E-state index contributed by atoms with van der Waals surface area (Å²) in [5.41, 5.74) is 10.6. The maximum atomic E-state index is 6.08. The number of hydrogen-bond acceptors (Lipinski definition) is 9. The van der Waals surface area contributed by atoms with E-state index in [0.29, 0.717) is 28.7 Å². The Morgan fingerprint density at radius 3 is 2.37 bits per heavy atom. The third kappa shape index (κ3) is 4.68. The van der Waals surface area contributed by atoms with Crippen molar-refractivity contribution in [3.8, 4) is 34.3 Å². The number of fused-ring (bicyclic) bond motifs is 1. The highest BCUT2D eigenvalue weighted by molar-refractivity contribution is 6.00. The SMILES string of the molecule is Cc1ccnc(-c2nnc(Nc3ccc(Oc4ncccc4-c4ccnc(N)n4)cc3)c3ccccc23)c1. The van der Waals surface area contributed by atoms with Gasteiger partial charge in [0.2, 0.25) is 11.8 Å². The second-order valence-electron chi connectivity index (χ2n) is 8.57. The topological polar surface area (TPSA) is 125 Å². The van der Waals surface area contributed by atoms with E-state index in [1.807, 2.05) is 79.7 Å². The minimum atomic E-state index is 0.187. The molecule has 0 radical (unpaired) electrons. The van der Waals surface area contributed by atoms with Gasteiger partial charge in [-0.15, -0.1) is 10.2 Å². The molecule has 9 heteroatoms. The molecular formula is C29H22N8O. The maximum Gasteiger partial charge on any atom is 0.228 e. The van der Waals surface area contributed by atoms with Crippen molar-refractivity contribution in [3.63, 3.8) is 0 Å². The van der Waals surface area contributed by atoms with Crippen LogP contribution in [-0.2, 0) is 0 Å². The second-order valence-corrected chi connectivity index (χ2v) is 8.57. The Hall–Kier alpha value is -5.44. The standard InChI is InChI=1S/C29H22N8O/c1-18-12-15-31-25(17-18)26-21-5-2-3-6-22(21)27(37-36-26)34-19-8-10-20(11-9-19)38-28-23(7-4-14-32-28)24-13-16-33-29(30)35-24/h2-17H,1H3,(H,34,37)(H2,30,33,35). The maximum absolute atomic E-state index is 6.08. The van der Waals surface area contributed by atoms with Crippen LogP contribution in [0.2, 0.25) is 0 Å². The van der Waals surface area contributed by atoms with Crippen LogP contribution in [0.4, 0.5) is 17.5 Å². The summed E-state index contributed by atoms with van der Waals surface area (Å²) in [5.74, 6) is 1.88. The van der Waals surface area contributed by atoms with Crippen LogP contribution in [-0.4, -0.2) is 30.1 Å². The Morgan fingerprint density at radius 2 is 1.55 bits per heavy atom. The number of benzene rings is 2. The number of nitrogens with one attached hydrogen (secondary N) is 1. The number of hydrogen-bond donors (Lipinski definition) is 2. The van der Waals surface area contributed by atoms with E-state index < -0.39 is 0 Å². The van der Waals surface area contributed by atoms with Crippen molar-refractivity contribution >= 4 is 28.2 Å². The number of nitrogen functional groups attached to an aromatic ring is 1. The van der Waals surface area contributed by atoms with Crippen molar-refractivity contribution in [2.75, 3.05) is 11.1 Å². The van der Waals surface area contributed by atoms with E-state index in [4.69, 9.17) is 10.5 Å². The minimum absolute atomic E-state index is 0.187. The molecule has 0 saturated carbocycles. The molecule has 0 atom stereocenters. The fraction of sp³-hybridized carbons (Fsp3) is 0.0345. The normalized spacial score (nSPS) is 10.9. The predicted molar refractivity (Wildman–Crippen MR) is 147 cm³/mol. The van der Waals surface area contributed by atoms with Crippen LogP contribution in [0.1, 0.15) is 5.56 Å². The number of nitrogens with zero attached hydrogens (tertiary/aromatic N) is 6. The Kier molecular flexibility index (Phi) is 5.99. The van der Waals surface area contributed by atoms with Crippen LogP contribution >= 0.6 is 0 Å². The molecule has 38 heavy (non-hydrogen) atoms. The van der Waals surface area contributed by atoms with Gasteiger partial charge < -0.3 is 15.8 Å². The van der Waals surface area contributed by atoms with Crippen LogP contribution in [0.15, 0.2) is 97.5 Å². The van der Waals surface area contributed by atoms with Gasteiger partial charge in [-0.25, -0.2) is 15.0 Å². The van der Waals surface area contributed by atoms with Crippen molar-refractivity contribution in [2.24, 2.45) is 0 Å². The van der Waals surface area contributed by atoms with E-state index in [1.54, 1.807) is 24.7 Å². The summed E-state index contributed by atoms with van der Waals surface area (Å²) in [6, 6.07) is 25.0. The molecule has 0 amide bonds. The van der Waals surface area contributed by atoms with Gasteiger partial charge >= 0.3 is 0 Å². The molecule has 184 valence electrons. The third-order valence-electron chi connectivity index (χ3n) is 5.90. The van der Waals surface area contributed by atoms with E-state index in [9.17, 15) is 0 Å². The Labute approximate surface area is 218 Å². The fourth-order valence-electron chi connectivity index (χ4n) is 4.10. The molecule has 2 aromatic carbocycles. The smallest absolute Gasteiger partial charge is 0.228 e. The molecule has 9 nitrogen and oxygen atoms in total. The molecule has 0 spiro atoms. The minimum Gasteiger partial charge on any atom is -0.438 e. The van der Waals surface area contributed by atoms with E-state index in [1.165, 1.54) is 0 Å². The van der Waals surface area contributed by atoms with Gasteiger partial charge in [0.25, 0.3) is 0 Å². The number of pyridine rings is 2. The van der Waals surface area contributed by atoms with Crippen LogP contribution in [0.25, 0.3) is 33.4 Å². The van der Waals surface area contributed by atoms with Gasteiger partial charge in [-0.3, -0.25) is 4.98 Å². The predicted octanol–water partition coefficient (Wildman–Crippen LogP) is 5.97. The molecule has 0 fully saturated rings. The first-order valence-electron chi connectivity index (χ1n) is 11.9. The molecule has 0 unspecified atom stereocenters. The molecule has 0 aliphatic rings. The Balaban J connectivity index is 1.26. The van der Waals surface area contributed by atoms with Crippen LogP contribution in [0.5, 0.6) is 11.6 Å². The first kappa shape index (κ1) is 23.0. The molecule has 6 aromatic rings. The summed E-state index contributed by atoms with van der Waals surface area (Å²) < 4.78 is 6.08. The quantitative estimate of drug-likeness (QED) is 0.286. The number of ether oxygens (including phenoxy) is 1. The van der Waals surface area contributed by atoms with Crippen molar-refractivity contribution < 1.29 is 4.74 Å². The van der Waals surface area contributed by atoms with Crippen molar-refractivity contribution in [3.05, 3.63) is 103 Å². The fourth-order valence-corrected chi connectivity index (χ4v) is 4.10. The highest BCUT2D eigenvalue weighted by atomic mass is 16.5. The van der Waals surface area contributed by atoms with Gasteiger partial charge in [0, 0.05) is 35.1 Å². The van der Waals surface area contributed by atoms with E-state index >= 15 is 0 Å². The zero-order chi connectivity index (χ0) is 25.9. The number of aromatic nitrogens is 6. The van der Waals surface area contributed by atoms with Gasteiger partial charge in [-0.05, 0) is 67.1 Å². The molecule has 0 aliphatic carbocycles. The molecule has 4 heterocycles. The van der Waals surface area contributed by atoms with Crippen LogP contribution < -0.4 is 15.8 Å². The lowest BCUT2D eigenvalue weighted by Crippen LogP contribution is -2.00. The zero-order valence-electron chi connectivity index (χ0n) is 20.4. The number of anilines is 3. The van der Waals surface area contributed by atoms with E-state index in [-0.39, 0.29) is 5.95 Å². The van der Waals surface area contributed by atoms with Crippen LogP contribution in [0.3, 0.4) is 0 Å². The Bertz CT molecular complexity index is 1750. The highest BCUT2D eigenvalue weighted by Gasteiger charge is 2.13. The summed E-state index contributed by atoms with van der Waals surface area (Å²) in [6.45, 7) is 2.03. The molecule has 0 aliphatic heterocycles. The highest BCUT2D eigenvalue weighted by Crippen LogP contribution is 2.33. The molecular weight excluding hydrogens is 476 g/mol. The van der Waals surface area contributed by atoms with Crippen molar-refractivity contribution in [2.45, 2.75) is 6.92 Å². The van der Waals surface area contributed by atoms with Gasteiger partial charge in [0.1, 0.15) is 11.4 Å². The Morgan fingerprint density at radius 1 is 0.737 bits per heavy atom. The second kappa shape index (κ2) is 9.90. The van der Waals surface area contributed by atoms with Crippen molar-refractivity contribution in [1.29, 1.82) is 0 Å². The molecule has 0 bridgehead atoms. The number of aryl methyl sites for hydroxylation is 1. The molecule has 3 N–H and O–H groups in total. The van der Waals surface area contributed by atoms with E-state index in [0.717, 1.165) is 33.4 Å². The lowest BCUT2D eigenvalue weighted by molar-refractivity contribution is 0.465. The average Bonchev–Trinajstić information content (AvgIpc) is 2.94. The summed E-state index contributed by atoms with van der Waals surface area (Å²) in [6.07, 6.45) is 5.05. The molecule has 4 aromatic heterocycles. The zero-order valence-corrected chi connectivity index (χ0v) is 20.4. The average molecular weight is 499 g/mol. The lowest BCUT2D eigenvalue weighted by Gasteiger charge is -2.12. The molecule has 6 rings (SSSR count). The first-order valence-corrected chi connectivity index (χ1v) is 11.9. The summed E-state index contributed by atoms with van der Waals surface area (Å²) in [4.78, 5) is 17.1. The van der Waals surface area contributed by atoms with Gasteiger partial charge in [0.15, 0.2) is 5.82 Å². The largest absolute Gasteiger partial charge is 0.438 e. The number of rotatable bonds is 6. The van der Waals surface area contributed by atoms with Crippen LogP contribution in [0, 0.1) is 6.92 Å². The summed E-state index contributed by atoms with van der Waals surface area (Å²) in [7, 11) is 0. The monoisotopic (exact) mass is 498 g/mol. The summed E-state index contributed by atoms with van der Waals surface area (Å²) in [5, 5.41) is 14.3. The first-order chi connectivity index (χ1) is 18.6. The molecule has 0 saturated heterocycles. The van der Waals surface area contributed by atoms with E-state index in [2.05, 4.69) is 35.5 Å². The third-order valence-corrected chi connectivity index (χ3v) is 5.90.